The van der Waals surface area contributed by atoms with E-state index >= 15 is 0 Å². The zero-order valence-corrected chi connectivity index (χ0v) is 11.5. The molecule has 1 N–H and O–H groups in total. The van der Waals surface area contributed by atoms with E-state index in [4.69, 9.17) is 4.74 Å². The minimum Gasteiger partial charge on any atom is -0.378 e. The molecule has 0 aliphatic carbocycles. The number of ether oxygens (including phenoxy) is 1. The lowest BCUT2D eigenvalue weighted by Gasteiger charge is -2.37. The number of hydrogen-bond acceptors (Lipinski definition) is 4. The van der Waals surface area contributed by atoms with Crippen LogP contribution in [0.1, 0.15) is 13.3 Å². The molecule has 2 aliphatic rings. The molecule has 2 atom stereocenters. The quantitative estimate of drug-likeness (QED) is 0.757. The fourth-order valence-corrected chi connectivity index (χ4v) is 2.91. The van der Waals surface area contributed by atoms with Gasteiger partial charge < -0.3 is 15.0 Å². The van der Waals surface area contributed by atoms with E-state index in [1.54, 1.807) is 0 Å². The smallest absolute Gasteiger partial charge is 0.236 e. The van der Waals surface area contributed by atoms with Crippen LogP contribution in [-0.2, 0) is 9.53 Å². The van der Waals surface area contributed by atoms with Crippen molar-refractivity contribution in [2.24, 2.45) is 5.92 Å². The van der Waals surface area contributed by atoms with Crippen LogP contribution in [0.5, 0.6) is 0 Å². The molecular weight excluding hydrogens is 230 g/mol. The second-order valence-corrected chi connectivity index (χ2v) is 5.39. The van der Waals surface area contributed by atoms with Crippen molar-refractivity contribution in [1.29, 1.82) is 0 Å². The minimum absolute atomic E-state index is 0.258. The highest BCUT2D eigenvalue weighted by atomic mass is 16.5. The van der Waals surface area contributed by atoms with Gasteiger partial charge in [-0.05, 0) is 19.4 Å². The average molecular weight is 255 g/mol. The summed E-state index contributed by atoms with van der Waals surface area (Å²) in [5.74, 6) is 0.870. The Morgan fingerprint density at radius 3 is 2.67 bits per heavy atom. The van der Waals surface area contributed by atoms with Crippen LogP contribution in [0.15, 0.2) is 0 Å². The summed E-state index contributed by atoms with van der Waals surface area (Å²) in [7, 11) is 2.02. The lowest BCUT2D eigenvalue weighted by Crippen LogP contribution is -2.51. The molecule has 2 rings (SSSR count). The molecule has 18 heavy (non-hydrogen) atoms. The molecule has 2 saturated heterocycles. The Labute approximate surface area is 109 Å². The highest BCUT2D eigenvalue weighted by Crippen LogP contribution is 2.16. The van der Waals surface area contributed by atoms with E-state index in [9.17, 15) is 4.79 Å². The molecule has 2 heterocycles. The molecule has 2 fully saturated rings. The number of likely N-dealkylation sites (tertiary alicyclic amines) is 1. The molecular formula is C13H25N3O2. The summed E-state index contributed by atoms with van der Waals surface area (Å²) in [5, 5.41) is 3.35. The third-order valence-electron chi connectivity index (χ3n) is 4.08. The van der Waals surface area contributed by atoms with Crippen LogP contribution >= 0.6 is 0 Å². The van der Waals surface area contributed by atoms with Gasteiger partial charge in [0.05, 0.1) is 19.8 Å². The van der Waals surface area contributed by atoms with Crippen LogP contribution in [0.25, 0.3) is 0 Å². The second-order valence-electron chi connectivity index (χ2n) is 5.39. The molecule has 5 nitrogen and oxygen atoms in total. The van der Waals surface area contributed by atoms with Crippen molar-refractivity contribution >= 4 is 5.91 Å². The zero-order valence-electron chi connectivity index (χ0n) is 11.5. The molecule has 0 aromatic rings. The Balaban J connectivity index is 1.77. The first kappa shape index (κ1) is 13.8. The Bertz CT molecular complexity index is 279. The highest BCUT2D eigenvalue weighted by Gasteiger charge is 2.27. The van der Waals surface area contributed by atoms with Gasteiger partial charge in [-0.1, -0.05) is 6.92 Å². The van der Waals surface area contributed by atoms with Gasteiger partial charge >= 0.3 is 0 Å². The molecule has 0 aromatic heterocycles. The number of rotatable bonds is 3. The number of piperidine rings is 1. The van der Waals surface area contributed by atoms with Gasteiger partial charge in [0.2, 0.25) is 5.91 Å². The third kappa shape index (κ3) is 3.43. The van der Waals surface area contributed by atoms with E-state index in [2.05, 4.69) is 17.1 Å². The largest absolute Gasteiger partial charge is 0.378 e. The number of carbonyl (C=O) groups excluding carboxylic acids is 1. The normalized spacial score (nSPS) is 30.4. The fraction of sp³-hybridized carbons (Fsp3) is 0.923. The number of hydrogen-bond donors (Lipinski definition) is 1. The summed E-state index contributed by atoms with van der Waals surface area (Å²) in [6.07, 6.45) is 1.13. The second kappa shape index (κ2) is 6.50. The minimum atomic E-state index is 0.258. The number of nitrogens with one attached hydrogen (secondary N) is 1. The van der Waals surface area contributed by atoms with Crippen molar-refractivity contribution < 1.29 is 9.53 Å². The van der Waals surface area contributed by atoms with Gasteiger partial charge in [-0.25, -0.2) is 0 Å². The molecule has 2 aliphatic heterocycles. The van der Waals surface area contributed by atoms with Crippen molar-refractivity contribution in [3.63, 3.8) is 0 Å². The summed E-state index contributed by atoms with van der Waals surface area (Å²) in [6, 6.07) is 0.597. The summed E-state index contributed by atoms with van der Waals surface area (Å²) in [5.41, 5.74) is 0. The van der Waals surface area contributed by atoms with E-state index in [1.807, 2.05) is 11.9 Å². The van der Waals surface area contributed by atoms with Gasteiger partial charge in [0.1, 0.15) is 0 Å². The maximum atomic E-state index is 12.1. The first-order valence-electron chi connectivity index (χ1n) is 6.96. The van der Waals surface area contributed by atoms with Crippen molar-refractivity contribution in [3.8, 4) is 0 Å². The summed E-state index contributed by atoms with van der Waals surface area (Å²) < 4.78 is 5.27. The van der Waals surface area contributed by atoms with Gasteiger partial charge in [-0.3, -0.25) is 9.69 Å². The predicted octanol–water partition coefficient (Wildman–Crippen LogP) is -0.225. The lowest BCUT2D eigenvalue weighted by molar-refractivity contribution is -0.137. The van der Waals surface area contributed by atoms with Gasteiger partial charge in [0.15, 0.2) is 0 Å². The Hall–Kier alpha value is -0.650. The Kier molecular flexibility index (Phi) is 4.97. The lowest BCUT2D eigenvalue weighted by atomic mass is 9.94. The highest BCUT2D eigenvalue weighted by molar-refractivity contribution is 5.78. The molecule has 0 saturated carbocycles. The summed E-state index contributed by atoms with van der Waals surface area (Å²) in [4.78, 5) is 16.4. The first-order valence-corrected chi connectivity index (χ1v) is 6.96. The van der Waals surface area contributed by atoms with Gasteiger partial charge in [-0.15, -0.1) is 0 Å². The molecule has 0 bridgehead atoms. The van der Waals surface area contributed by atoms with Crippen LogP contribution in [0.4, 0.5) is 0 Å². The molecule has 0 aromatic carbocycles. The van der Waals surface area contributed by atoms with Crippen LogP contribution in [0.2, 0.25) is 0 Å². The van der Waals surface area contributed by atoms with Crippen molar-refractivity contribution in [1.82, 2.24) is 15.1 Å². The van der Waals surface area contributed by atoms with E-state index < -0.39 is 0 Å². The van der Waals surface area contributed by atoms with Gasteiger partial charge in [-0.2, -0.15) is 0 Å². The summed E-state index contributed by atoms with van der Waals surface area (Å²) in [6.45, 7) is 7.73. The fourth-order valence-electron chi connectivity index (χ4n) is 2.91. The van der Waals surface area contributed by atoms with Gasteiger partial charge in [0, 0.05) is 32.2 Å². The Morgan fingerprint density at radius 2 is 2.06 bits per heavy atom. The molecule has 5 heteroatoms. The van der Waals surface area contributed by atoms with Crippen molar-refractivity contribution in [2.75, 3.05) is 53.0 Å². The number of amides is 1. The maximum Gasteiger partial charge on any atom is 0.236 e. The monoisotopic (exact) mass is 255 g/mol. The molecule has 2 unspecified atom stereocenters. The van der Waals surface area contributed by atoms with Crippen molar-refractivity contribution in [3.05, 3.63) is 0 Å². The SMILES string of the molecule is CNC1CCN(CC(=O)N2CCOCC2)CC1C. The number of morpholine rings is 1. The zero-order chi connectivity index (χ0) is 13.0. The van der Waals surface area contributed by atoms with Crippen LogP contribution in [0, 0.1) is 5.92 Å². The van der Waals surface area contributed by atoms with Gasteiger partial charge in [0.25, 0.3) is 0 Å². The number of carbonyl (C=O) groups is 1. The Morgan fingerprint density at radius 1 is 1.33 bits per heavy atom. The van der Waals surface area contributed by atoms with E-state index in [1.165, 1.54) is 0 Å². The number of nitrogens with zero attached hydrogens (tertiary/aromatic N) is 2. The van der Waals surface area contributed by atoms with Crippen LogP contribution in [-0.4, -0.2) is 74.7 Å². The third-order valence-corrected chi connectivity index (χ3v) is 4.08. The summed E-state index contributed by atoms with van der Waals surface area (Å²) >= 11 is 0. The van der Waals surface area contributed by atoms with Crippen LogP contribution < -0.4 is 5.32 Å². The van der Waals surface area contributed by atoms with Crippen LogP contribution in [0.3, 0.4) is 0 Å². The van der Waals surface area contributed by atoms with E-state index in [0.29, 0.717) is 31.7 Å². The standard InChI is InChI=1S/C13H25N3O2/c1-11-9-15(4-3-12(11)14-2)10-13(17)16-5-7-18-8-6-16/h11-12,14H,3-10H2,1-2H3. The molecule has 0 spiro atoms. The van der Waals surface area contributed by atoms with E-state index in [0.717, 1.165) is 32.6 Å². The van der Waals surface area contributed by atoms with Crippen molar-refractivity contribution in [2.45, 2.75) is 19.4 Å². The first-order chi connectivity index (χ1) is 8.70. The predicted molar refractivity (Wildman–Crippen MR) is 70.5 cm³/mol. The molecule has 104 valence electrons. The average Bonchev–Trinajstić information content (AvgIpc) is 2.40. The maximum absolute atomic E-state index is 12.1. The van der Waals surface area contributed by atoms with E-state index in [-0.39, 0.29) is 5.91 Å². The molecule has 1 amide bonds. The molecule has 0 radical (unpaired) electrons. The topological polar surface area (TPSA) is 44.8 Å².